The maximum absolute atomic E-state index is 13.8. The highest BCUT2D eigenvalue weighted by molar-refractivity contribution is 5.98. The lowest BCUT2D eigenvalue weighted by molar-refractivity contribution is -0.121. The molecule has 0 aliphatic carbocycles. The summed E-state index contributed by atoms with van der Waals surface area (Å²) in [4.78, 5) is 34.6. The van der Waals surface area contributed by atoms with E-state index >= 15 is 0 Å². The molecule has 102 valence electrons. The number of aryl methyl sites for hydroxylation is 1. The number of primary amides is 2. The maximum atomic E-state index is 13.8. The van der Waals surface area contributed by atoms with Crippen LogP contribution in [0.1, 0.15) is 15.9 Å². The van der Waals surface area contributed by atoms with Crippen molar-refractivity contribution in [1.29, 1.82) is 0 Å². The van der Waals surface area contributed by atoms with E-state index in [2.05, 4.69) is 0 Å². The van der Waals surface area contributed by atoms with Gasteiger partial charge in [-0.2, -0.15) is 0 Å². The lowest BCUT2D eigenvalue weighted by atomic mass is 10.1. The highest BCUT2D eigenvalue weighted by Crippen LogP contribution is 2.14. The van der Waals surface area contributed by atoms with Gasteiger partial charge in [-0.15, -0.1) is 0 Å². The molecule has 0 saturated heterocycles. The predicted octanol–water partition coefficient (Wildman–Crippen LogP) is -0.453. The summed E-state index contributed by atoms with van der Waals surface area (Å²) in [6, 6.07) is 4.26. The molecule has 19 heavy (non-hydrogen) atoms. The third kappa shape index (κ3) is 3.77. The second-order valence-corrected chi connectivity index (χ2v) is 4.03. The van der Waals surface area contributed by atoms with Gasteiger partial charge in [-0.1, -0.05) is 12.1 Å². The zero-order valence-electron chi connectivity index (χ0n) is 10.4. The highest BCUT2D eigenvalue weighted by atomic mass is 19.1. The summed E-state index contributed by atoms with van der Waals surface area (Å²) in [5, 5.41) is 0. The van der Waals surface area contributed by atoms with Crippen LogP contribution in [0.3, 0.4) is 0 Å². The van der Waals surface area contributed by atoms with Crippen LogP contribution in [0, 0.1) is 12.7 Å². The summed E-state index contributed by atoms with van der Waals surface area (Å²) in [5.74, 6) is -3.14. The Labute approximate surface area is 109 Å². The van der Waals surface area contributed by atoms with Crippen molar-refractivity contribution < 1.29 is 18.8 Å². The molecule has 4 N–H and O–H groups in total. The Hall–Kier alpha value is -2.44. The minimum atomic E-state index is -0.817. The Bertz CT molecular complexity index is 515. The van der Waals surface area contributed by atoms with Gasteiger partial charge in [-0.25, -0.2) is 4.39 Å². The molecule has 0 spiro atoms. The largest absolute Gasteiger partial charge is 0.368 e. The van der Waals surface area contributed by atoms with Gasteiger partial charge in [0.2, 0.25) is 11.8 Å². The number of hydrogen-bond donors (Lipinski definition) is 2. The summed E-state index contributed by atoms with van der Waals surface area (Å²) in [5.41, 5.74) is 10.00. The summed E-state index contributed by atoms with van der Waals surface area (Å²) in [6.07, 6.45) is 0. The summed E-state index contributed by atoms with van der Waals surface area (Å²) < 4.78 is 13.8. The molecule has 0 radical (unpaired) electrons. The van der Waals surface area contributed by atoms with Crippen LogP contribution in [-0.2, 0) is 9.59 Å². The van der Waals surface area contributed by atoms with Crippen LogP contribution >= 0.6 is 0 Å². The van der Waals surface area contributed by atoms with Crippen molar-refractivity contribution in [3.05, 3.63) is 35.1 Å². The van der Waals surface area contributed by atoms with Crippen molar-refractivity contribution in [1.82, 2.24) is 4.90 Å². The molecule has 0 aromatic heterocycles. The number of amides is 3. The fourth-order valence-corrected chi connectivity index (χ4v) is 1.56. The lowest BCUT2D eigenvalue weighted by Gasteiger charge is -2.20. The van der Waals surface area contributed by atoms with Crippen molar-refractivity contribution in [2.45, 2.75) is 6.92 Å². The van der Waals surface area contributed by atoms with Crippen LogP contribution in [0.15, 0.2) is 18.2 Å². The number of rotatable bonds is 5. The molecular weight excluding hydrogens is 253 g/mol. The number of hydrogen-bond acceptors (Lipinski definition) is 3. The molecule has 1 aromatic rings. The number of benzene rings is 1. The zero-order valence-corrected chi connectivity index (χ0v) is 10.4. The highest BCUT2D eigenvalue weighted by Gasteiger charge is 2.22. The molecule has 0 aliphatic rings. The lowest BCUT2D eigenvalue weighted by Crippen LogP contribution is -2.43. The summed E-state index contributed by atoms with van der Waals surface area (Å²) >= 11 is 0. The zero-order chi connectivity index (χ0) is 14.6. The van der Waals surface area contributed by atoms with E-state index in [0.29, 0.717) is 0 Å². The SMILES string of the molecule is Cc1cccc(C(=O)N(CC(N)=O)CC(N)=O)c1F. The third-order valence-electron chi connectivity index (χ3n) is 2.40. The second kappa shape index (κ2) is 5.94. The smallest absolute Gasteiger partial charge is 0.257 e. The van der Waals surface area contributed by atoms with E-state index in [-0.39, 0.29) is 11.1 Å². The number of halogens is 1. The van der Waals surface area contributed by atoms with Crippen LogP contribution in [0.25, 0.3) is 0 Å². The van der Waals surface area contributed by atoms with Crippen LogP contribution in [-0.4, -0.2) is 35.7 Å². The van der Waals surface area contributed by atoms with E-state index in [4.69, 9.17) is 11.5 Å². The Balaban J connectivity index is 3.07. The summed E-state index contributed by atoms with van der Waals surface area (Å²) in [7, 11) is 0. The van der Waals surface area contributed by atoms with Gasteiger partial charge in [0, 0.05) is 0 Å². The second-order valence-electron chi connectivity index (χ2n) is 4.03. The Kier molecular flexibility index (Phi) is 4.57. The molecule has 0 fully saturated rings. The quantitative estimate of drug-likeness (QED) is 0.754. The third-order valence-corrected chi connectivity index (χ3v) is 2.40. The topological polar surface area (TPSA) is 106 Å². The number of carbonyl (C=O) groups excluding carboxylic acids is 3. The van der Waals surface area contributed by atoms with Gasteiger partial charge >= 0.3 is 0 Å². The molecule has 0 unspecified atom stereocenters. The first-order valence-electron chi connectivity index (χ1n) is 5.44. The van der Waals surface area contributed by atoms with Crippen LogP contribution in [0.4, 0.5) is 4.39 Å². The van der Waals surface area contributed by atoms with E-state index in [1.807, 2.05) is 0 Å². The Morgan fingerprint density at radius 1 is 1.16 bits per heavy atom. The van der Waals surface area contributed by atoms with Crippen molar-refractivity contribution >= 4 is 17.7 Å². The van der Waals surface area contributed by atoms with Gasteiger partial charge in [-0.05, 0) is 18.6 Å². The predicted molar refractivity (Wildman–Crippen MR) is 65.4 cm³/mol. The first kappa shape index (κ1) is 14.6. The van der Waals surface area contributed by atoms with Crippen molar-refractivity contribution in [3.63, 3.8) is 0 Å². The molecule has 0 saturated carbocycles. The molecule has 0 bridgehead atoms. The van der Waals surface area contributed by atoms with E-state index in [0.717, 1.165) is 4.90 Å². The molecule has 1 aromatic carbocycles. The van der Waals surface area contributed by atoms with Gasteiger partial charge in [0.25, 0.3) is 5.91 Å². The van der Waals surface area contributed by atoms with Crippen molar-refractivity contribution in [3.8, 4) is 0 Å². The molecule has 0 heterocycles. The van der Waals surface area contributed by atoms with Crippen molar-refractivity contribution in [2.75, 3.05) is 13.1 Å². The monoisotopic (exact) mass is 267 g/mol. The van der Waals surface area contributed by atoms with E-state index in [1.165, 1.54) is 25.1 Å². The van der Waals surface area contributed by atoms with Gasteiger partial charge in [0.15, 0.2) is 0 Å². The molecular formula is C12H14FN3O3. The average molecular weight is 267 g/mol. The van der Waals surface area contributed by atoms with Gasteiger partial charge < -0.3 is 16.4 Å². The van der Waals surface area contributed by atoms with Gasteiger partial charge in [0.05, 0.1) is 5.56 Å². The standard InChI is InChI=1S/C12H14FN3O3/c1-7-3-2-4-8(11(7)13)12(19)16(5-9(14)17)6-10(15)18/h2-4H,5-6H2,1H3,(H2,14,17)(H2,15,18). The summed E-state index contributed by atoms with van der Waals surface area (Å²) in [6.45, 7) is 0.489. The number of nitrogens with zero attached hydrogens (tertiary/aromatic N) is 1. The van der Waals surface area contributed by atoms with E-state index < -0.39 is 36.6 Å². The molecule has 6 nitrogen and oxygen atoms in total. The molecule has 3 amide bonds. The Morgan fingerprint density at radius 3 is 2.16 bits per heavy atom. The minimum absolute atomic E-state index is 0.234. The Morgan fingerprint density at radius 2 is 1.68 bits per heavy atom. The van der Waals surface area contributed by atoms with Crippen LogP contribution in [0.5, 0.6) is 0 Å². The van der Waals surface area contributed by atoms with Gasteiger partial charge in [-0.3, -0.25) is 14.4 Å². The normalized spacial score (nSPS) is 10.0. The average Bonchev–Trinajstić information content (AvgIpc) is 2.30. The van der Waals surface area contributed by atoms with Crippen LogP contribution < -0.4 is 11.5 Å². The van der Waals surface area contributed by atoms with Gasteiger partial charge in [0.1, 0.15) is 18.9 Å². The number of carbonyl (C=O) groups is 3. The minimum Gasteiger partial charge on any atom is -0.368 e. The van der Waals surface area contributed by atoms with Crippen LogP contribution in [0.2, 0.25) is 0 Å². The first-order valence-corrected chi connectivity index (χ1v) is 5.44. The molecule has 7 heteroatoms. The van der Waals surface area contributed by atoms with E-state index in [9.17, 15) is 18.8 Å². The number of nitrogens with two attached hydrogens (primary N) is 2. The molecule has 1 rings (SSSR count). The van der Waals surface area contributed by atoms with Crippen molar-refractivity contribution in [2.24, 2.45) is 11.5 Å². The van der Waals surface area contributed by atoms with E-state index in [1.54, 1.807) is 0 Å². The first-order chi connectivity index (χ1) is 8.82. The molecule has 0 atom stereocenters. The molecule has 0 aliphatic heterocycles. The maximum Gasteiger partial charge on any atom is 0.257 e. The fraction of sp³-hybridized carbons (Fsp3) is 0.250. The fourth-order valence-electron chi connectivity index (χ4n) is 1.56.